The molecule has 0 saturated heterocycles. The molecule has 0 spiro atoms. The number of aromatic amines is 2. The predicted molar refractivity (Wildman–Crippen MR) is 93.8 cm³/mol. The quantitative estimate of drug-likeness (QED) is 0.469. The van der Waals surface area contributed by atoms with Gasteiger partial charge in [0.25, 0.3) is 11.1 Å². The molecule has 11 heteroatoms. The molecule has 0 bridgehead atoms. The van der Waals surface area contributed by atoms with E-state index in [9.17, 15) is 19.2 Å². The molecule has 2 aromatic heterocycles. The van der Waals surface area contributed by atoms with E-state index in [1.54, 1.807) is 13.8 Å². The van der Waals surface area contributed by atoms with Gasteiger partial charge < -0.3 is 9.97 Å². The molecule has 0 saturated carbocycles. The molecule has 0 unspecified atom stereocenters. The Balaban J connectivity index is 1.80. The highest BCUT2D eigenvalue weighted by molar-refractivity contribution is 8.00. The highest BCUT2D eigenvalue weighted by atomic mass is 32.2. The van der Waals surface area contributed by atoms with Gasteiger partial charge in [-0.05, 0) is 13.8 Å². The number of imide groups is 1. The maximum atomic E-state index is 11.8. The minimum Gasteiger partial charge on any atom is -0.301 e. The van der Waals surface area contributed by atoms with Crippen molar-refractivity contribution in [3.05, 3.63) is 44.2 Å². The summed E-state index contributed by atoms with van der Waals surface area (Å²) in [5.41, 5.74) is 0.475. The Hall–Kier alpha value is -2.40. The van der Waals surface area contributed by atoms with E-state index >= 15 is 0 Å². The van der Waals surface area contributed by atoms with Crippen molar-refractivity contribution in [2.24, 2.45) is 0 Å². The Morgan fingerprint density at radius 2 is 1.32 bits per heavy atom. The second-order valence-electron chi connectivity index (χ2n) is 4.93. The molecule has 0 atom stereocenters. The van der Waals surface area contributed by atoms with E-state index in [0.29, 0.717) is 21.7 Å². The number of carbonyl (C=O) groups is 2. The van der Waals surface area contributed by atoms with Crippen molar-refractivity contribution >= 4 is 35.3 Å². The number of nitrogens with zero attached hydrogens (tertiary/aromatic N) is 2. The summed E-state index contributed by atoms with van der Waals surface area (Å²) >= 11 is 2.04. The Morgan fingerprint density at radius 3 is 1.68 bits per heavy atom. The lowest BCUT2D eigenvalue weighted by atomic mass is 10.5. The largest absolute Gasteiger partial charge is 0.301 e. The number of amides is 2. The SMILES string of the molecule is Cc1cc(=O)[nH]c(SCC(=O)NC(=O)CSc2nc(C)cc(=O)[nH]2)n1. The van der Waals surface area contributed by atoms with E-state index in [1.807, 2.05) is 0 Å². The van der Waals surface area contributed by atoms with Crippen LogP contribution in [0.25, 0.3) is 0 Å². The van der Waals surface area contributed by atoms with E-state index in [4.69, 9.17) is 0 Å². The second-order valence-corrected chi connectivity index (χ2v) is 6.86. The summed E-state index contributed by atoms with van der Waals surface area (Å²) in [4.78, 5) is 59.3. The van der Waals surface area contributed by atoms with Crippen LogP contribution in [0.2, 0.25) is 0 Å². The van der Waals surface area contributed by atoms with Crippen LogP contribution in [0, 0.1) is 13.8 Å². The monoisotopic (exact) mass is 381 g/mol. The maximum Gasteiger partial charge on any atom is 0.251 e. The van der Waals surface area contributed by atoms with E-state index in [-0.39, 0.29) is 22.6 Å². The van der Waals surface area contributed by atoms with Gasteiger partial charge in [0.2, 0.25) is 11.8 Å². The number of hydrogen-bond donors (Lipinski definition) is 3. The van der Waals surface area contributed by atoms with Crippen LogP contribution in [0.15, 0.2) is 32.0 Å². The van der Waals surface area contributed by atoms with Crippen LogP contribution < -0.4 is 16.4 Å². The number of aromatic nitrogens is 4. The van der Waals surface area contributed by atoms with Gasteiger partial charge in [0.15, 0.2) is 10.3 Å². The first kappa shape index (κ1) is 18.9. The van der Waals surface area contributed by atoms with Crippen molar-refractivity contribution in [2.75, 3.05) is 11.5 Å². The molecule has 0 radical (unpaired) electrons. The molecule has 0 aliphatic heterocycles. The fourth-order valence-corrected chi connectivity index (χ4v) is 3.18. The van der Waals surface area contributed by atoms with E-state index in [1.165, 1.54) is 12.1 Å². The van der Waals surface area contributed by atoms with Gasteiger partial charge in [-0.2, -0.15) is 0 Å². The number of nitrogens with one attached hydrogen (secondary N) is 3. The second kappa shape index (κ2) is 8.62. The molecule has 0 fully saturated rings. The molecule has 0 aliphatic carbocycles. The minimum atomic E-state index is -0.509. The Labute approximate surface area is 150 Å². The average Bonchev–Trinajstić information content (AvgIpc) is 2.49. The minimum absolute atomic E-state index is 0.0671. The molecular weight excluding hydrogens is 366 g/mol. The van der Waals surface area contributed by atoms with Gasteiger partial charge in [0.05, 0.1) is 11.5 Å². The molecule has 2 heterocycles. The van der Waals surface area contributed by atoms with Gasteiger partial charge in [-0.3, -0.25) is 24.5 Å². The fourth-order valence-electron chi connectivity index (χ4n) is 1.74. The van der Waals surface area contributed by atoms with Crippen molar-refractivity contribution in [3.63, 3.8) is 0 Å². The molecule has 2 aromatic rings. The first-order valence-corrected chi connectivity index (χ1v) is 9.03. The van der Waals surface area contributed by atoms with Crippen LogP contribution >= 0.6 is 23.5 Å². The lowest BCUT2D eigenvalue weighted by Gasteiger charge is -2.04. The van der Waals surface area contributed by atoms with Crippen LogP contribution in [-0.2, 0) is 9.59 Å². The summed E-state index contributed by atoms with van der Waals surface area (Å²) in [6, 6.07) is 2.68. The third-order valence-electron chi connectivity index (χ3n) is 2.65. The normalized spacial score (nSPS) is 10.5. The van der Waals surface area contributed by atoms with E-state index < -0.39 is 11.8 Å². The number of rotatable bonds is 6. The number of H-pyrrole nitrogens is 2. The third-order valence-corrected chi connectivity index (χ3v) is 4.40. The number of aryl methyl sites for hydroxylation is 2. The highest BCUT2D eigenvalue weighted by Crippen LogP contribution is 2.12. The molecule has 25 heavy (non-hydrogen) atoms. The molecule has 9 nitrogen and oxygen atoms in total. The molecule has 3 N–H and O–H groups in total. The van der Waals surface area contributed by atoms with E-state index in [2.05, 4.69) is 25.3 Å². The van der Waals surface area contributed by atoms with Crippen LogP contribution in [0.5, 0.6) is 0 Å². The molecule has 0 aromatic carbocycles. The summed E-state index contributed by atoms with van der Waals surface area (Å²) in [7, 11) is 0. The zero-order valence-electron chi connectivity index (χ0n) is 13.4. The van der Waals surface area contributed by atoms with Gasteiger partial charge in [-0.15, -0.1) is 0 Å². The van der Waals surface area contributed by atoms with Gasteiger partial charge in [-0.25, -0.2) is 9.97 Å². The van der Waals surface area contributed by atoms with E-state index in [0.717, 1.165) is 23.5 Å². The standard InChI is InChI=1S/C14H15N5O4S2/c1-7-3-9(20)18-13(15-7)24-5-11(22)17-12(23)6-25-14-16-8(2)4-10(21)19-14/h3-4H,5-6H2,1-2H3,(H,15,18,20)(H,16,19,21)(H,17,22,23). The molecule has 2 rings (SSSR count). The highest BCUT2D eigenvalue weighted by Gasteiger charge is 2.11. The van der Waals surface area contributed by atoms with Crippen molar-refractivity contribution in [1.29, 1.82) is 0 Å². The zero-order chi connectivity index (χ0) is 18.4. The first-order valence-electron chi connectivity index (χ1n) is 7.06. The molecule has 2 amide bonds. The lowest BCUT2D eigenvalue weighted by molar-refractivity contribution is -0.127. The number of thioether (sulfide) groups is 2. The predicted octanol–water partition coefficient (Wildman–Crippen LogP) is -0.00276. The Kier molecular flexibility index (Phi) is 6.53. The van der Waals surface area contributed by atoms with Gasteiger partial charge in [-0.1, -0.05) is 23.5 Å². The van der Waals surface area contributed by atoms with Gasteiger partial charge >= 0.3 is 0 Å². The average molecular weight is 381 g/mol. The Morgan fingerprint density at radius 1 is 0.920 bits per heavy atom. The summed E-state index contributed by atoms with van der Waals surface area (Å²) in [6.07, 6.45) is 0. The van der Waals surface area contributed by atoms with Gasteiger partial charge in [0.1, 0.15) is 0 Å². The topological polar surface area (TPSA) is 138 Å². The lowest BCUT2D eigenvalue weighted by Crippen LogP contribution is -2.33. The first-order chi connectivity index (χ1) is 11.8. The molecule has 0 aliphatic rings. The number of hydrogen-bond acceptors (Lipinski definition) is 8. The van der Waals surface area contributed by atoms with Crippen molar-refractivity contribution in [3.8, 4) is 0 Å². The van der Waals surface area contributed by atoms with Crippen molar-refractivity contribution < 1.29 is 9.59 Å². The number of carbonyl (C=O) groups excluding carboxylic acids is 2. The third kappa shape index (κ3) is 6.55. The summed E-state index contributed by atoms with van der Waals surface area (Å²) < 4.78 is 0. The van der Waals surface area contributed by atoms with Gasteiger partial charge in [0, 0.05) is 23.5 Å². The smallest absolute Gasteiger partial charge is 0.251 e. The Bertz CT molecular complexity index is 835. The van der Waals surface area contributed by atoms with Crippen LogP contribution in [0.3, 0.4) is 0 Å². The summed E-state index contributed by atoms with van der Waals surface area (Å²) in [5.74, 6) is -1.15. The van der Waals surface area contributed by atoms with Crippen molar-refractivity contribution in [1.82, 2.24) is 25.3 Å². The van der Waals surface area contributed by atoms with Crippen molar-refractivity contribution in [2.45, 2.75) is 24.2 Å². The molecular formula is C14H15N5O4S2. The summed E-state index contributed by atoms with van der Waals surface area (Å²) in [5, 5.41) is 2.84. The zero-order valence-corrected chi connectivity index (χ0v) is 15.0. The van der Waals surface area contributed by atoms with Crippen LogP contribution in [-0.4, -0.2) is 43.3 Å². The fraction of sp³-hybridized carbons (Fsp3) is 0.286. The maximum absolute atomic E-state index is 11.8. The molecule has 132 valence electrons. The van der Waals surface area contributed by atoms with Crippen LogP contribution in [0.4, 0.5) is 0 Å². The summed E-state index contributed by atoms with van der Waals surface area (Å²) in [6.45, 7) is 3.34. The van der Waals surface area contributed by atoms with Crippen LogP contribution in [0.1, 0.15) is 11.4 Å².